The Morgan fingerprint density at radius 1 is 1.40 bits per heavy atom. The van der Waals surface area contributed by atoms with Crippen molar-refractivity contribution in [2.75, 3.05) is 24.8 Å². The van der Waals surface area contributed by atoms with Gasteiger partial charge in [0.1, 0.15) is 4.90 Å². The first-order valence-electron chi connectivity index (χ1n) is 5.94. The molecule has 0 fully saturated rings. The Hall–Kier alpha value is -0.140. The van der Waals surface area contributed by atoms with E-state index in [1.165, 1.54) is 16.4 Å². The van der Waals surface area contributed by atoms with Crippen LogP contribution < -0.4 is 5.73 Å². The van der Waals surface area contributed by atoms with Gasteiger partial charge in [-0.3, -0.25) is 0 Å². The fourth-order valence-electron chi connectivity index (χ4n) is 1.61. The summed E-state index contributed by atoms with van der Waals surface area (Å²) in [5.41, 5.74) is 5.77. The molecule has 20 heavy (non-hydrogen) atoms. The van der Waals surface area contributed by atoms with Crippen LogP contribution in [0.5, 0.6) is 0 Å². The summed E-state index contributed by atoms with van der Waals surface area (Å²) in [4.78, 5) is -0.0143. The zero-order valence-electron chi connectivity index (χ0n) is 11.6. The van der Waals surface area contributed by atoms with Gasteiger partial charge in [0.15, 0.2) is 0 Å². The number of hydrogen-bond acceptors (Lipinski definition) is 4. The fourth-order valence-corrected chi connectivity index (χ4v) is 4.32. The molecule has 0 aromatic heterocycles. The van der Waals surface area contributed by atoms with Crippen molar-refractivity contribution in [2.45, 2.75) is 24.3 Å². The molecule has 0 bridgehead atoms. The summed E-state index contributed by atoms with van der Waals surface area (Å²) < 4.78 is 26.4. The molecule has 0 aliphatic heterocycles. The van der Waals surface area contributed by atoms with Gasteiger partial charge >= 0.3 is 0 Å². The van der Waals surface area contributed by atoms with Gasteiger partial charge in [-0.05, 0) is 37.5 Å². The highest BCUT2D eigenvalue weighted by molar-refractivity contribution is 7.98. The number of thioether (sulfide) groups is 1. The lowest BCUT2D eigenvalue weighted by Gasteiger charge is -2.25. The highest BCUT2D eigenvalue weighted by atomic mass is 35.5. The van der Waals surface area contributed by atoms with E-state index in [1.807, 2.05) is 13.2 Å². The second-order valence-electron chi connectivity index (χ2n) is 4.42. The summed E-state index contributed by atoms with van der Waals surface area (Å²) in [6, 6.07) is 2.70. The van der Waals surface area contributed by atoms with Crippen LogP contribution in [-0.2, 0) is 10.0 Å². The van der Waals surface area contributed by atoms with Crippen LogP contribution in [0.1, 0.15) is 13.3 Å². The molecule has 114 valence electrons. The fraction of sp³-hybridized carbons (Fsp3) is 0.500. The molecular formula is C12H18Cl2N2O2S2. The third-order valence-electron chi connectivity index (χ3n) is 3.11. The van der Waals surface area contributed by atoms with Gasteiger partial charge in [-0.25, -0.2) is 8.42 Å². The topological polar surface area (TPSA) is 63.4 Å². The van der Waals surface area contributed by atoms with Crippen molar-refractivity contribution in [3.05, 3.63) is 22.2 Å². The standard InChI is InChI=1S/C12H18Cl2N2O2S2/c1-8(6-7-19-3)16(2)20(17,18)10-5-4-9(13)12(15)11(10)14/h4-5,8H,6-7,15H2,1-3H3. The van der Waals surface area contributed by atoms with Crippen LogP contribution >= 0.6 is 35.0 Å². The van der Waals surface area contributed by atoms with Gasteiger partial charge in [-0.15, -0.1) is 0 Å². The van der Waals surface area contributed by atoms with Crippen LogP contribution in [0.25, 0.3) is 0 Å². The van der Waals surface area contributed by atoms with Gasteiger partial charge in [0.2, 0.25) is 10.0 Å². The normalized spacial score (nSPS) is 13.7. The first-order chi connectivity index (χ1) is 9.23. The molecule has 0 aliphatic carbocycles. The minimum Gasteiger partial charge on any atom is -0.396 e. The number of hydrogen-bond donors (Lipinski definition) is 1. The van der Waals surface area contributed by atoms with E-state index in [1.54, 1.807) is 18.8 Å². The molecule has 0 saturated carbocycles. The molecule has 0 aliphatic rings. The van der Waals surface area contributed by atoms with Crippen LogP contribution in [0.3, 0.4) is 0 Å². The molecule has 0 amide bonds. The Kier molecular flexibility index (Phi) is 6.47. The first kappa shape index (κ1) is 17.9. The predicted molar refractivity (Wildman–Crippen MR) is 88.3 cm³/mol. The Morgan fingerprint density at radius 2 is 2.00 bits per heavy atom. The maximum atomic E-state index is 12.6. The molecule has 0 spiro atoms. The van der Waals surface area contributed by atoms with Crippen LogP contribution in [0.2, 0.25) is 10.0 Å². The highest BCUT2D eigenvalue weighted by Crippen LogP contribution is 2.34. The lowest BCUT2D eigenvalue weighted by molar-refractivity contribution is 0.382. The monoisotopic (exact) mass is 356 g/mol. The Balaban J connectivity index is 3.14. The minimum atomic E-state index is -3.69. The predicted octanol–water partition coefficient (Wildman–Crippen LogP) is 3.34. The third-order valence-corrected chi connectivity index (χ3v) is 6.62. The van der Waals surface area contributed by atoms with Crippen molar-refractivity contribution in [3.8, 4) is 0 Å². The van der Waals surface area contributed by atoms with E-state index in [4.69, 9.17) is 28.9 Å². The highest BCUT2D eigenvalue weighted by Gasteiger charge is 2.28. The maximum absolute atomic E-state index is 12.6. The van der Waals surface area contributed by atoms with Crippen molar-refractivity contribution in [1.29, 1.82) is 0 Å². The van der Waals surface area contributed by atoms with E-state index in [2.05, 4.69) is 0 Å². The van der Waals surface area contributed by atoms with Crippen LogP contribution in [0.15, 0.2) is 17.0 Å². The Labute approximate surface area is 134 Å². The van der Waals surface area contributed by atoms with E-state index < -0.39 is 10.0 Å². The number of sulfonamides is 1. The molecule has 1 rings (SSSR count). The van der Waals surface area contributed by atoms with Crippen LogP contribution in [0, 0.1) is 0 Å². The van der Waals surface area contributed by atoms with Crippen molar-refractivity contribution >= 4 is 50.7 Å². The van der Waals surface area contributed by atoms with Crippen molar-refractivity contribution in [1.82, 2.24) is 4.31 Å². The van der Waals surface area contributed by atoms with Gasteiger partial charge in [0, 0.05) is 13.1 Å². The SMILES string of the molecule is CSCCC(C)N(C)S(=O)(=O)c1ccc(Cl)c(N)c1Cl. The summed E-state index contributed by atoms with van der Waals surface area (Å²) >= 11 is 13.5. The van der Waals surface area contributed by atoms with E-state index in [9.17, 15) is 8.42 Å². The summed E-state index contributed by atoms with van der Waals surface area (Å²) in [6.07, 6.45) is 2.75. The average molecular weight is 357 g/mol. The van der Waals surface area contributed by atoms with E-state index in [0.29, 0.717) is 0 Å². The molecule has 0 radical (unpaired) electrons. The summed E-state index contributed by atoms with van der Waals surface area (Å²) in [6.45, 7) is 1.86. The molecule has 1 aromatic carbocycles. The largest absolute Gasteiger partial charge is 0.396 e. The lowest BCUT2D eigenvalue weighted by atomic mass is 10.3. The molecular weight excluding hydrogens is 339 g/mol. The van der Waals surface area contributed by atoms with E-state index in [-0.39, 0.29) is 26.7 Å². The van der Waals surface area contributed by atoms with Crippen LogP contribution in [-0.4, -0.2) is 37.8 Å². The smallest absolute Gasteiger partial charge is 0.244 e. The van der Waals surface area contributed by atoms with Gasteiger partial charge in [0.05, 0.1) is 15.7 Å². The third kappa shape index (κ3) is 3.74. The molecule has 8 heteroatoms. The van der Waals surface area contributed by atoms with Gasteiger partial charge in [-0.2, -0.15) is 16.1 Å². The van der Waals surface area contributed by atoms with Crippen molar-refractivity contribution < 1.29 is 8.42 Å². The summed E-state index contributed by atoms with van der Waals surface area (Å²) in [7, 11) is -2.14. The quantitative estimate of drug-likeness (QED) is 0.793. The van der Waals surface area contributed by atoms with E-state index in [0.717, 1.165) is 12.2 Å². The molecule has 1 unspecified atom stereocenters. The molecule has 4 nitrogen and oxygen atoms in total. The summed E-state index contributed by atoms with van der Waals surface area (Å²) in [5.74, 6) is 0.886. The van der Waals surface area contributed by atoms with Crippen molar-refractivity contribution in [2.24, 2.45) is 0 Å². The molecule has 0 heterocycles. The summed E-state index contributed by atoms with van der Waals surface area (Å²) in [5, 5.41) is 0.216. The number of anilines is 1. The lowest BCUT2D eigenvalue weighted by Crippen LogP contribution is -2.35. The number of benzene rings is 1. The molecule has 1 aromatic rings. The maximum Gasteiger partial charge on any atom is 0.244 e. The number of rotatable bonds is 6. The van der Waals surface area contributed by atoms with Gasteiger partial charge < -0.3 is 5.73 Å². The average Bonchev–Trinajstić information content (AvgIpc) is 2.40. The van der Waals surface area contributed by atoms with Crippen LogP contribution in [0.4, 0.5) is 5.69 Å². The number of nitrogen functional groups attached to an aromatic ring is 1. The van der Waals surface area contributed by atoms with Gasteiger partial charge in [-0.1, -0.05) is 23.2 Å². The Morgan fingerprint density at radius 3 is 2.55 bits per heavy atom. The van der Waals surface area contributed by atoms with Crippen molar-refractivity contribution in [3.63, 3.8) is 0 Å². The zero-order chi connectivity index (χ0) is 15.5. The second-order valence-corrected chi connectivity index (χ2v) is 8.16. The number of nitrogens with two attached hydrogens (primary N) is 1. The molecule has 0 saturated heterocycles. The number of nitrogens with zero attached hydrogens (tertiary/aromatic N) is 1. The first-order valence-corrected chi connectivity index (χ1v) is 9.53. The minimum absolute atomic E-state index is 0.0143. The molecule has 2 N–H and O–H groups in total. The number of halogens is 2. The molecule has 1 atom stereocenters. The van der Waals surface area contributed by atoms with E-state index >= 15 is 0 Å². The van der Waals surface area contributed by atoms with Gasteiger partial charge in [0.25, 0.3) is 0 Å². The zero-order valence-corrected chi connectivity index (χ0v) is 14.7. The Bertz CT molecular complexity index is 579. The second kappa shape index (κ2) is 7.22.